The van der Waals surface area contributed by atoms with Crippen molar-refractivity contribution in [2.45, 2.75) is 50.6 Å². The summed E-state index contributed by atoms with van der Waals surface area (Å²) in [5.41, 5.74) is 0.296. The number of carbonyl (C=O) groups is 1. The van der Waals surface area contributed by atoms with Crippen molar-refractivity contribution < 1.29 is 18.1 Å². The molecule has 32 heavy (non-hydrogen) atoms. The van der Waals surface area contributed by atoms with E-state index in [0.29, 0.717) is 11.3 Å². The first kappa shape index (κ1) is 23.7. The van der Waals surface area contributed by atoms with Gasteiger partial charge in [-0.3, -0.25) is 14.9 Å². The highest BCUT2D eigenvalue weighted by Gasteiger charge is 2.26. The Morgan fingerprint density at radius 1 is 1.12 bits per heavy atom. The van der Waals surface area contributed by atoms with Crippen LogP contribution in [-0.4, -0.2) is 37.9 Å². The van der Waals surface area contributed by atoms with E-state index >= 15 is 0 Å². The summed E-state index contributed by atoms with van der Waals surface area (Å²) in [6, 6.07) is 10.8. The fourth-order valence-corrected chi connectivity index (χ4v) is 5.34. The van der Waals surface area contributed by atoms with Crippen molar-refractivity contribution >= 4 is 27.3 Å². The van der Waals surface area contributed by atoms with Gasteiger partial charge in [-0.15, -0.1) is 0 Å². The molecule has 172 valence electrons. The van der Waals surface area contributed by atoms with E-state index in [4.69, 9.17) is 0 Å². The van der Waals surface area contributed by atoms with Gasteiger partial charge < -0.3 is 10.2 Å². The van der Waals surface area contributed by atoms with Crippen molar-refractivity contribution in [3.05, 3.63) is 63.7 Å². The Kier molecular flexibility index (Phi) is 6.85. The van der Waals surface area contributed by atoms with Gasteiger partial charge >= 0.3 is 0 Å². The summed E-state index contributed by atoms with van der Waals surface area (Å²) >= 11 is 0. The largest absolute Gasteiger partial charge is 0.366 e. The molecule has 10 heteroatoms. The van der Waals surface area contributed by atoms with Crippen LogP contribution in [0, 0.1) is 10.1 Å². The molecule has 1 saturated heterocycles. The highest BCUT2D eigenvalue weighted by Crippen LogP contribution is 2.31. The topological polar surface area (TPSA) is 122 Å². The maximum atomic E-state index is 12.8. The van der Waals surface area contributed by atoms with Crippen LogP contribution in [0.3, 0.4) is 0 Å². The standard InChI is InChI=1S/C22H28N4O5S/c1-22(2,3)24-32(30,31)20-9-5-4-8-17(20)15-23-21(27)16-10-11-18(19(14-16)26(28)29)25-12-6-7-13-25/h4-5,8-11,14,24H,6-7,12-13,15H2,1-3H3,(H,23,27). The first-order chi connectivity index (χ1) is 15.0. The number of hydrogen-bond acceptors (Lipinski definition) is 6. The highest BCUT2D eigenvalue weighted by atomic mass is 32.2. The van der Waals surface area contributed by atoms with E-state index in [9.17, 15) is 23.3 Å². The van der Waals surface area contributed by atoms with Crippen LogP contribution in [0.4, 0.5) is 11.4 Å². The third-order valence-electron chi connectivity index (χ3n) is 5.02. The molecule has 2 aromatic carbocycles. The molecule has 3 rings (SSSR count). The van der Waals surface area contributed by atoms with Gasteiger partial charge in [0.15, 0.2) is 0 Å². The van der Waals surface area contributed by atoms with Crippen molar-refractivity contribution in [1.29, 1.82) is 0 Å². The van der Waals surface area contributed by atoms with Gasteiger partial charge in [0.05, 0.1) is 9.82 Å². The molecule has 1 aliphatic heterocycles. The van der Waals surface area contributed by atoms with Crippen molar-refractivity contribution in [1.82, 2.24) is 10.0 Å². The van der Waals surface area contributed by atoms with Gasteiger partial charge in [0.25, 0.3) is 11.6 Å². The molecule has 0 unspecified atom stereocenters. The Labute approximate surface area is 188 Å². The average molecular weight is 461 g/mol. The summed E-state index contributed by atoms with van der Waals surface area (Å²) in [6.45, 7) is 6.69. The van der Waals surface area contributed by atoms with E-state index in [-0.39, 0.29) is 22.7 Å². The van der Waals surface area contributed by atoms with Crippen LogP contribution in [0.1, 0.15) is 49.5 Å². The smallest absolute Gasteiger partial charge is 0.293 e. The number of benzene rings is 2. The molecule has 1 aliphatic rings. The molecule has 0 aliphatic carbocycles. The molecular weight excluding hydrogens is 432 g/mol. The minimum absolute atomic E-state index is 0.0399. The zero-order valence-corrected chi connectivity index (χ0v) is 19.2. The highest BCUT2D eigenvalue weighted by molar-refractivity contribution is 7.89. The van der Waals surface area contributed by atoms with Gasteiger partial charge in [0.1, 0.15) is 5.69 Å². The maximum absolute atomic E-state index is 12.8. The molecule has 2 N–H and O–H groups in total. The van der Waals surface area contributed by atoms with Gasteiger partial charge in [-0.05, 0) is 57.4 Å². The number of rotatable bonds is 7. The first-order valence-electron chi connectivity index (χ1n) is 10.4. The molecule has 1 heterocycles. The Balaban J connectivity index is 1.80. The molecule has 9 nitrogen and oxygen atoms in total. The maximum Gasteiger partial charge on any atom is 0.293 e. The SMILES string of the molecule is CC(C)(C)NS(=O)(=O)c1ccccc1CNC(=O)c1ccc(N2CCCC2)c([N+](=O)[O-])c1. The molecule has 2 aromatic rings. The lowest BCUT2D eigenvalue weighted by Crippen LogP contribution is -2.41. The quantitative estimate of drug-likeness (QED) is 0.483. The summed E-state index contributed by atoms with van der Waals surface area (Å²) in [6.07, 6.45) is 1.96. The second-order valence-electron chi connectivity index (χ2n) is 8.80. The van der Waals surface area contributed by atoms with Crippen LogP contribution in [0.15, 0.2) is 47.4 Å². The molecule has 0 radical (unpaired) electrons. The fourth-order valence-electron chi connectivity index (χ4n) is 3.68. The van der Waals surface area contributed by atoms with Crippen LogP contribution in [-0.2, 0) is 16.6 Å². The lowest BCUT2D eigenvalue weighted by Gasteiger charge is -2.21. The van der Waals surface area contributed by atoms with Crippen molar-refractivity contribution in [3.8, 4) is 0 Å². The average Bonchev–Trinajstić information content (AvgIpc) is 3.24. The number of carbonyl (C=O) groups excluding carboxylic acids is 1. The molecule has 0 aromatic heterocycles. The van der Waals surface area contributed by atoms with E-state index < -0.39 is 26.4 Å². The van der Waals surface area contributed by atoms with E-state index in [1.165, 1.54) is 12.1 Å². The lowest BCUT2D eigenvalue weighted by molar-refractivity contribution is -0.384. The van der Waals surface area contributed by atoms with Gasteiger partial charge in [0, 0.05) is 36.8 Å². The Morgan fingerprint density at radius 2 is 1.78 bits per heavy atom. The van der Waals surface area contributed by atoms with Gasteiger partial charge in [-0.25, -0.2) is 13.1 Å². The summed E-state index contributed by atoms with van der Waals surface area (Å²) in [4.78, 5) is 25.8. The third-order valence-corrected chi connectivity index (χ3v) is 6.88. The molecule has 0 atom stereocenters. The van der Waals surface area contributed by atoms with Crippen LogP contribution in [0.2, 0.25) is 0 Å². The van der Waals surface area contributed by atoms with E-state index in [1.54, 1.807) is 51.1 Å². The predicted molar refractivity (Wildman–Crippen MR) is 122 cm³/mol. The number of amides is 1. The monoisotopic (exact) mass is 460 g/mol. The normalized spacial score (nSPS) is 14.4. The van der Waals surface area contributed by atoms with Gasteiger partial charge in [-0.1, -0.05) is 18.2 Å². The third kappa shape index (κ3) is 5.63. The molecule has 0 spiro atoms. The van der Waals surface area contributed by atoms with E-state index in [2.05, 4.69) is 10.0 Å². The number of sulfonamides is 1. The van der Waals surface area contributed by atoms with Gasteiger partial charge in [-0.2, -0.15) is 0 Å². The zero-order valence-electron chi connectivity index (χ0n) is 18.4. The summed E-state index contributed by atoms with van der Waals surface area (Å²) in [5.74, 6) is -0.517. The molecule has 0 saturated carbocycles. The van der Waals surface area contributed by atoms with E-state index in [1.807, 2.05) is 4.90 Å². The van der Waals surface area contributed by atoms with Gasteiger partial charge in [0.2, 0.25) is 10.0 Å². The molecule has 0 bridgehead atoms. The first-order valence-corrected chi connectivity index (χ1v) is 11.9. The number of nitrogens with zero attached hydrogens (tertiary/aromatic N) is 2. The summed E-state index contributed by atoms with van der Waals surface area (Å²) in [7, 11) is -3.79. The summed E-state index contributed by atoms with van der Waals surface area (Å²) in [5, 5.41) is 14.3. The second kappa shape index (κ2) is 9.25. The Hall–Kier alpha value is -2.98. The summed E-state index contributed by atoms with van der Waals surface area (Å²) < 4.78 is 28.1. The minimum atomic E-state index is -3.79. The van der Waals surface area contributed by atoms with Crippen molar-refractivity contribution in [2.75, 3.05) is 18.0 Å². The van der Waals surface area contributed by atoms with Crippen molar-refractivity contribution in [3.63, 3.8) is 0 Å². The van der Waals surface area contributed by atoms with Crippen LogP contribution in [0.25, 0.3) is 0 Å². The lowest BCUT2D eigenvalue weighted by atomic mass is 10.1. The number of nitrogens with one attached hydrogen (secondary N) is 2. The molecule has 1 fully saturated rings. The second-order valence-corrected chi connectivity index (χ2v) is 10.5. The molecule has 1 amide bonds. The minimum Gasteiger partial charge on any atom is -0.366 e. The van der Waals surface area contributed by atoms with Crippen LogP contribution in [0.5, 0.6) is 0 Å². The fraction of sp³-hybridized carbons (Fsp3) is 0.409. The van der Waals surface area contributed by atoms with Crippen molar-refractivity contribution in [2.24, 2.45) is 0 Å². The Morgan fingerprint density at radius 3 is 2.41 bits per heavy atom. The van der Waals surface area contributed by atoms with E-state index in [0.717, 1.165) is 25.9 Å². The predicted octanol–water partition coefficient (Wildman–Crippen LogP) is 3.20. The Bertz CT molecular complexity index is 1120. The number of nitro groups is 1. The number of nitro benzene ring substituents is 1. The number of anilines is 1. The molecular formula is C22H28N4O5S. The van der Waals surface area contributed by atoms with Crippen LogP contribution < -0.4 is 14.9 Å². The zero-order chi connectivity index (χ0) is 23.5. The number of hydrogen-bond donors (Lipinski definition) is 2. The van der Waals surface area contributed by atoms with Crippen LogP contribution >= 0.6 is 0 Å².